The highest BCUT2D eigenvalue weighted by molar-refractivity contribution is 7.89. The third-order valence-corrected chi connectivity index (χ3v) is 5.27. The molecule has 0 spiro atoms. The number of rotatable bonds is 5. The molecule has 2 N–H and O–H groups in total. The van der Waals surface area contributed by atoms with Gasteiger partial charge in [-0.25, -0.2) is 13.1 Å². The number of sulfonamides is 1. The van der Waals surface area contributed by atoms with E-state index in [-0.39, 0.29) is 0 Å². The lowest BCUT2D eigenvalue weighted by Crippen LogP contribution is -2.30. The Balaban J connectivity index is 2.11. The molecule has 0 bridgehead atoms. The maximum atomic E-state index is 12.2. The van der Waals surface area contributed by atoms with Crippen LogP contribution in [0.3, 0.4) is 0 Å². The molecule has 1 heterocycles. The lowest BCUT2D eigenvalue weighted by molar-refractivity contribution is 0.414. The topological polar surface area (TPSA) is 58.2 Å². The van der Waals surface area contributed by atoms with E-state index in [4.69, 9.17) is 0 Å². The van der Waals surface area contributed by atoms with E-state index in [0.717, 1.165) is 18.7 Å². The van der Waals surface area contributed by atoms with Gasteiger partial charge in [0.1, 0.15) is 0 Å². The first kappa shape index (κ1) is 14.5. The first-order valence-electron chi connectivity index (χ1n) is 6.72. The van der Waals surface area contributed by atoms with Crippen LogP contribution in [-0.2, 0) is 23.1 Å². The summed E-state index contributed by atoms with van der Waals surface area (Å²) in [4.78, 5) is 0.367. The number of nitrogens with one attached hydrogen (secondary N) is 2. The molecule has 4 nitrogen and oxygen atoms in total. The molecule has 2 rings (SSSR count). The molecule has 1 aliphatic heterocycles. The van der Waals surface area contributed by atoms with Gasteiger partial charge in [-0.1, -0.05) is 26.8 Å². The molecule has 0 radical (unpaired) electrons. The lowest BCUT2D eigenvalue weighted by Gasteiger charge is -2.16. The average Bonchev–Trinajstić information content (AvgIpc) is 2.82. The van der Waals surface area contributed by atoms with E-state index in [9.17, 15) is 8.42 Å². The lowest BCUT2D eigenvalue weighted by atomic mass is 9.99. The standard InChI is InChI=1S/C14H22N2O2S/c1-10(2)11(3)7-16-19(17,18)14-5-4-12-8-15-9-13(12)6-14/h4-6,10-11,15-16H,7-9H2,1-3H3. The van der Waals surface area contributed by atoms with Gasteiger partial charge in [-0.3, -0.25) is 0 Å². The Bertz CT molecular complexity index is 553. The maximum Gasteiger partial charge on any atom is 0.240 e. The summed E-state index contributed by atoms with van der Waals surface area (Å²) in [6.45, 7) is 8.31. The van der Waals surface area contributed by atoms with Crippen molar-refractivity contribution < 1.29 is 8.42 Å². The molecule has 0 amide bonds. The second-order valence-corrected chi connectivity index (χ2v) is 7.37. The van der Waals surface area contributed by atoms with Crippen LogP contribution in [0.2, 0.25) is 0 Å². The Morgan fingerprint density at radius 1 is 1.21 bits per heavy atom. The molecule has 0 aliphatic carbocycles. The molecule has 1 aromatic carbocycles. The molecule has 1 aromatic rings. The van der Waals surface area contributed by atoms with E-state index < -0.39 is 10.0 Å². The number of benzene rings is 1. The van der Waals surface area contributed by atoms with Crippen LogP contribution in [0.1, 0.15) is 31.9 Å². The van der Waals surface area contributed by atoms with Gasteiger partial charge in [0.25, 0.3) is 0 Å². The zero-order chi connectivity index (χ0) is 14.0. The number of hydrogen-bond acceptors (Lipinski definition) is 3. The Hall–Kier alpha value is -0.910. The third kappa shape index (κ3) is 3.35. The molecule has 1 atom stereocenters. The van der Waals surface area contributed by atoms with Crippen molar-refractivity contribution in [2.24, 2.45) is 11.8 Å². The van der Waals surface area contributed by atoms with Crippen molar-refractivity contribution in [1.29, 1.82) is 0 Å². The minimum Gasteiger partial charge on any atom is -0.309 e. The van der Waals surface area contributed by atoms with Crippen molar-refractivity contribution in [3.05, 3.63) is 29.3 Å². The van der Waals surface area contributed by atoms with Gasteiger partial charge in [-0.05, 0) is 35.1 Å². The smallest absolute Gasteiger partial charge is 0.240 e. The third-order valence-electron chi connectivity index (χ3n) is 3.85. The van der Waals surface area contributed by atoms with E-state index in [1.165, 1.54) is 5.56 Å². The van der Waals surface area contributed by atoms with Gasteiger partial charge in [0.2, 0.25) is 10.0 Å². The molecule has 1 unspecified atom stereocenters. The van der Waals surface area contributed by atoms with Crippen LogP contribution in [-0.4, -0.2) is 15.0 Å². The van der Waals surface area contributed by atoms with Crippen LogP contribution in [0, 0.1) is 11.8 Å². The quantitative estimate of drug-likeness (QED) is 0.866. The SMILES string of the molecule is CC(C)C(C)CNS(=O)(=O)c1ccc2c(c1)CNC2. The number of fused-ring (bicyclic) bond motifs is 1. The first-order chi connectivity index (χ1) is 8.90. The molecule has 0 saturated heterocycles. The monoisotopic (exact) mass is 282 g/mol. The van der Waals surface area contributed by atoms with Gasteiger partial charge >= 0.3 is 0 Å². The second-order valence-electron chi connectivity index (χ2n) is 5.61. The van der Waals surface area contributed by atoms with E-state index in [1.807, 2.05) is 6.07 Å². The van der Waals surface area contributed by atoms with E-state index in [1.54, 1.807) is 12.1 Å². The van der Waals surface area contributed by atoms with Crippen molar-refractivity contribution in [2.45, 2.75) is 38.8 Å². The summed E-state index contributed by atoms with van der Waals surface area (Å²) in [6.07, 6.45) is 0. The van der Waals surface area contributed by atoms with E-state index >= 15 is 0 Å². The summed E-state index contributed by atoms with van der Waals surface area (Å²) in [5.74, 6) is 0.790. The number of hydrogen-bond donors (Lipinski definition) is 2. The van der Waals surface area contributed by atoms with Gasteiger partial charge < -0.3 is 5.32 Å². The normalized spacial score (nSPS) is 16.6. The average molecular weight is 282 g/mol. The van der Waals surface area contributed by atoms with Crippen molar-refractivity contribution in [3.8, 4) is 0 Å². The molecule has 19 heavy (non-hydrogen) atoms. The Morgan fingerprint density at radius 3 is 2.58 bits per heavy atom. The fraction of sp³-hybridized carbons (Fsp3) is 0.571. The first-order valence-corrected chi connectivity index (χ1v) is 8.20. The zero-order valence-corrected chi connectivity index (χ0v) is 12.5. The largest absolute Gasteiger partial charge is 0.309 e. The van der Waals surface area contributed by atoms with Crippen LogP contribution in [0.4, 0.5) is 0 Å². The Morgan fingerprint density at radius 2 is 1.89 bits per heavy atom. The van der Waals surface area contributed by atoms with Crippen LogP contribution in [0.15, 0.2) is 23.1 Å². The van der Waals surface area contributed by atoms with Gasteiger partial charge in [-0.2, -0.15) is 0 Å². The summed E-state index contributed by atoms with van der Waals surface area (Å²) in [6, 6.07) is 5.36. The van der Waals surface area contributed by atoms with Gasteiger partial charge in [0.05, 0.1) is 4.90 Å². The summed E-state index contributed by atoms with van der Waals surface area (Å²) in [5, 5.41) is 3.22. The van der Waals surface area contributed by atoms with Crippen molar-refractivity contribution in [1.82, 2.24) is 10.0 Å². The molecule has 106 valence electrons. The molecule has 1 aliphatic rings. The van der Waals surface area contributed by atoms with Gasteiger partial charge in [0.15, 0.2) is 0 Å². The minimum atomic E-state index is -3.39. The van der Waals surface area contributed by atoms with Crippen LogP contribution in [0.25, 0.3) is 0 Å². The minimum absolute atomic E-state index is 0.325. The predicted molar refractivity (Wildman–Crippen MR) is 76.2 cm³/mol. The van der Waals surface area contributed by atoms with Gasteiger partial charge in [-0.15, -0.1) is 0 Å². The zero-order valence-electron chi connectivity index (χ0n) is 11.7. The summed E-state index contributed by atoms with van der Waals surface area (Å²) >= 11 is 0. The summed E-state index contributed by atoms with van der Waals surface area (Å²) in [7, 11) is -3.39. The molecule has 0 fully saturated rings. The molecule has 5 heteroatoms. The highest BCUT2D eigenvalue weighted by atomic mass is 32.2. The van der Waals surface area contributed by atoms with Crippen LogP contribution >= 0.6 is 0 Å². The summed E-state index contributed by atoms with van der Waals surface area (Å²) < 4.78 is 27.2. The second kappa shape index (κ2) is 5.61. The highest BCUT2D eigenvalue weighted by Crippen LogP contribution is 2.20. The maximum absolute atomic E-state index is 12.2. The van der Waals surface area contributed by atoms with Crippen LogP contribution in [0.5, 0.6) is 0 Å². The van der Waals surface area contributed by atoms with E-state index in [0.29, 0.717) is 23.3 Å². The Labute approximate surface area is 115 Å². The fourth-order valence-corrected chi connectivity index (χ4v) is 3.19. The predicted octanol–water partition coefficient (Wildman–Crippen LogP) is 1.86. The van der Waals surface area contributed by atoms with Crippen molar-refractivity contribution in [2.75, 3.05) is 6.54 Å². The van der Waals surface area contributed by atoms with Crippen molar-refractivity contribution >= 4 is 10.0 Å². The molecule has 0 saturated carbocycles. The van der Waals surface area contributed by atoms with Gasteiger partial charge in [0, 0.05) is 19.6 Å². The van der Waals surface area contributed by atoms with Crippen molar-refractivity contribution in [3.63, 3.8) is 0 Å². The molecular weight excluding hydrogens is 260 g/mol. The van der Waals surface area contributed by atoms with Crippen LogP contribution < -0.4 is 10.0 Å². The Kier molecular flexibility index (Phi) is 4.28. The molecule has 0 aromatic heterocycles. The van der Waals surface area contributed by atoms with E-state index in [2.05, 4.69) is 30.8 Å². The fourth-order valence-electron chi connectivity index (χ4n) is 2.00. The summed E-state index contributed by atoms with van der Waals surface area (Å²) in [5.41, 5.74) is 2.27. The highest BCUT2D eigenvalue weighted by Gasteiger charge is 2.19. The molecular formula is C14H22N2O2S.